The fourth-order valence-electron chi connectivity index (χ4n) is 2.03. The number of nitrogens with zero attached hydrogens (tertiary/aromatic N) is 4. The lowest BCUT2D eigenvalue weighted by molar-refractivity contribution is 0.673. The summed E-state index contributed by atoms with van der Waals surface area (Å²) in [5.74, 6) is 0. The highest BCUT2D eigenvalue weighted by molar-refractivity contribution is 6.30. The van der Waals surface area contributed by atoms with Gasteiger partial charge in [0.05, 0.1) is 5.69 Å². The summed E-state index contributed by atoms with van der Waals surface area (Å²) in [5.41, 5.74) is 2.09. The normalized spacial score (nSPS) is 10.1. The summed E-state index contributed by atoms with van der Waals surface area (Å²) in [7, 11) is 0. The molecule has 2 aromatic rings. The molecule has 0 atom stereocenters. The first-order valence-corrected chi connectivity index (χ1v) is 6.96. The van der Waals surface area contributed by atoms with Gasteiger partial charge in [0.1, 0.15) is 18.5 Å². The highest BCUT2D eigenvalue weighted by Gasteiger charge is 2.14. The summed E-state index contributed by atoms with van der Waals surface area (Å²) in [5, 5.41) is 22.1. The van der Waals surface area contributed by atoms with Crippen LogP contribution < -0.4 is 5.32 Å². The second kappa shape index (κ2) is 6.90. The van der Waals surface area contributed by atoms with E-state index in [1.165, 1.54) is 6.33 Å². The standard InChI is InChI=1S/C15H14ClN5/c1-2-5-19-9-11-3-4-12(16)6-14(11)21-10-20-13(7-17)15(21)8-18/h3-4,6,10,19H,2,5,9H2,1H3. The Bertz CT molecular complexity index is 721. The first kappa shape index (κ1) is 15.1. The molecule has 1 aromatic heterocycles. The van der Waals surface area contributed by atoms with Crippen molar-refractivity contribution in [3.05, 3.63) is 46.5 Å². The van der Waals surface area contributed by atoms with Crippen molar-refractivity contribution in [2.45, 2.75) is 19.9 Å². The van der Waals surface area contributed by atoms with Crippen LogP contribution in [-0.4, -0.2) is 16.1 Å². The maximum atomic E-state index is 9.24. The van der Waals surface area contributed by atoms with Gasteiger partial charge in [0.15, 0.2) is 11.4 Å². The molecular formula is C15H14ClN5. The molecule has 2 rings (SSSR count). The van der Waals surface area contributed by atoms with Crippen LogP contribution in [0.4, 0.5) is 0 Å². The van der Waals surface area contributed by atoms with Crippen molar-refractivity contribution in [3.8, 4) is 17.8 Å². The lowest BCUT2D eigenvalue weighted by Crippen LogP contribution is -2.15. The van der Waals surface area contributed by atoms with Crippen LogP contribution in [0.5, 0.6) is 0 Å². The van der Waals surface area contributed by atoms with Crippen molar-refractivity contribution in [3.63, 3.8) is 0 Å². The Morgan fingerprint density at radius 1 is 1.33 bits per heavy atom. The van der Waals surface area contributed by atoms with Crippen LogP contribution in [-0.2, 0) is 6.54 Å². The van der Waals surface area contributed by atoms with Crippen LogP contribution in [0.1, 0.15) is 30.3 Å². The van der Waals surface area contributed by atoms with Gasteiger partial charge in [0.25, 0.3) is 0 Å². The van der Waals surface area contributed by atoms with Crippen molar-refractivity contribution in [1.29, 1.82) is 10.5 Å². The van der Waals surface area contributed by atoms with Crippen LogP contribution in [0, 0.1) is 22.7 Å². The van der Waals surface area contributed by atoms with E-state index in [0.29, 0.717) is 11.6 Å². The van der Waals surface area contributed by atoms with Crippen molar-refractivity contribution >= 4 is 11.6 Å². The van der Waals surface area contributed by atoms with E-state index in [-0.39, 0.29) is 11.4 Å². The molecule has 0 bridgehead atoms. The summed E-state index contributed by atoms with van der Waals surface area (Å²) >= 11 is 6.06. The molecule has 6 heteroatoms. The van der Waals surface area contributed by atoms with Crippen molar-refractivity contribution in [1.82, 2.24) is 14.9 Å². The maximum Gasteiger partial charge on any atom is 0.177 e. The summed E-state index contributed by atoms with van der Waals surface area (Å²) in [6.07, 6.45) is 2.52. The molecule has 0 aliphatic heterocycles. The summed E-state index contributed by atoms with van der Waals surface area (Å²) in [4.78, 5) is 3.96. The van der Waals surface area contributed by atoms with Gasteiger partial charge in [-0.05, 0) is 30.7 Å². The first-order valence-electron chi connectivity index (χ1n) is 6.58. The number of nitrogens with one attached hydrogen (secondary N) is 1. The second-order valence-electron chi connectivity index (χ2n) is 4.49. The van der Waals surface area contributed by atoms with E-state index < -0.39 is 0 Å². The average Bonchev–Trinajstić information content (AvgIpc) is 2.91. The Morgan fingerprint density at radius 3 is 2.81 bits per heavy atom. The van der Waals surface area contributed by atoms with Gasteiger partial charge in [-0.15, -0.1) is 0 Å². The maximum absolute atomic E-state index is 9.24. The number of benzene rings is 1. The van der Waals surface area contributed by atoms with E-state index >= 15 is 0 Å². The lowest BCUT2D eigenvalue weighted by Gasteiger charge is -2.12. The van der Waals surface area contributed by atoms with Crippen molar-refractivity contribution in [2.75, 3.05) is 6.54 Å². The molecule has 0 unspecified atom stereocenters. The van der Waals surface area contributed by atoms with Gasteiger partial charge >= 0.3 is 0 Å². The second-order valence-corrected chi connectivity index (χ2v) is 4.92. The molecule has 0 radical (unpaired) electrons. The third-order valence-corrected chi connectivity index (χ3v) is 3.26. The molecule has 0 saturated heterocycles. The Labute approximate surface area is 128 Å². The number of halogens is 1. The molecule has 5 nitrogen and oxygen atoms in total. The van der Waals surface area contributed by atoms with Crippen LogP contribution in [0.3, 0.4) is 0 Å². The summed E-state index contributed by atoms with van der Waals surface area (Å²) in [6, 6.07) is 9.43. The SMILES string of the molecule is CCCNCc1ccc(Cl)cc1-n1cnc(C#N)c1C#N. The van der Waals surface area contributed by atoms with E-state index in [0.717, 1.165) is 24.2 Å². The molecular weight excluding hydrogens is 286 g/mol. The minimum absolute atomic E-state index is 0.116. The molecule has 0 spiro atoms. The number of hydrogen-bond acceptors (Lipinski definition) is 4. The third-order valence-electron chi connectivity index (χ3n) is 3.03. The largest absolute Gasteiger partial charge is 0.313 e. The Balaban J connectivity index is 2.48. The topological polar surface area (TPSA) is 77.4 Å². The number of aromatic nitrogens is 2. The predicted octanol–water partition coefficient (Wildman–Crippen LogP) is 2.77. The van der Waals surface area contributed by atoms with Crippen LogP contribution in [0.15, 0.2) is 24.5 Å². The van der Waals surface area contributed by atoms with Gasteiger partial charge in [-0.25, -0.2) is 4.98 Å². The Kier molecular flexibility index (Phi) is 4.94. The van der Waals surface area contributed by atoms with Crippen LogP contribution in [0.25, 0.3) is 5.69 Å². The monoisotopic (exact) mass is 299 g/mol. The smallest absolute Gasteiger partial charge is 0.177 e. The zero-order valence-corrected chi connectivity index (χ0v) is 12.4. The number of nitriles is 2. The lowest BCUT2D eigenvalue weighted by atomic mass is 10.1. The van der Waals surface area contributed by atoms with Gasteiger partial charge < -0.3 is 5.32 Å². The Morgan fingerprint density at radius 2 is 2.14 bits per heavy atom. The number of rotatable bonds is 5. The average molecular weight is 300 g/mol. The fourth-order valence-corrected chi connectivity index (χ4v) is 2.20. The summed E-state index contributed by atoms with van der Waals surface area (Å²) < 4.78 is 1.60. The predicted molar refractivity (Wildman–Crippen MR) is 80.0 cm³/mol. The highest BCUT2D eigenvalue weighted by Crippen LogP contribution is 2.22. The highest BCUT2D eigenvalue weighted by atomic mass is 35.5. The zero-order valence-electron chi connectivity index (χ0n) is 11.6. The van der Waals surface area contributed by atoms with Gasteiger partial charge in [-0.1, -0.05) is 24.6 Å². The fraction of sp³-hybridized carbons (Fsp3) is 0.267. The van der Waals surface area contributed by atoms with Gasteiger partial charge in [0.2, 0.25) is 0 Å². The number of hydrogen-bond donors (Lipinski definition) is 1. The molecule has 1 N–H and O–H groups in total. The minimum atomic E-state index is 0.116. The number of imidazole rings is 1. The molecule has 106 valence electrons. The van der Waals surface area contributed by atoms with Gasteiger partial charge in [0, 0.05) is 11.6 Å². The zero-order chi connectivity index (χ0) is 15.2. The van der Waals surface area contributed by atoms with E-state index in [9.17, 15) is 5.26 Å². The van der Waals surface area contributed by atoms with E-state index in [1.807, 2.05) is 24.3 Å². The molecule has 1 heterocycles. The van der Waals surface area contributed by atoms with Crippen molar-refractivity contribution in [2.24, 2.45) is 0 Å². The molecule has 0 aliphatic carbocycles. The van der Waals surface area contributed by atoms with E-state index in [1.54, 1.807) is 10.6 Å². The molecule has 0 amide bonds. The Hall–Kier alpha value is -2.34. The molecule has 0 saturated carbocycles. The van der Waals surface area contributed by atoms with Gasteiger partial charge in [-0.2, -0.15) is 10.5 Å². The van der Waals surface area contributed by atoms with Gasteiger partial charge in [-0.3, -0.25) is 4.57 Å². The quantitative estimate of drug-likeness (QED) is 0.861. The molecule has 0 aliphatic rings. The first-order chi connectivity index (χ1) is 10.2. The van der Waals surface area contributed by atoms with E-state index in [4.69, 9.17) is 16.9 Å². The molecule has 0 fully saturated rings. The summed E-state index contributed by atoms with van der Waals surface area (Å²) in [6.45, 7) is 3.66. The van der Waals surface area contributed by atoms with Crippen LogP contribution in [0.2, 0.25) is 5.02 Å². The van der Waals surface area contributed by atoms with Crippen LogP contribution >= 0.6 is 11.6 Å². The minimum Gasteiger partial charge on any atom is -0.313 e. The van der Waals surface area contributed by atoms with Crippen molar-refractivity contribution < 1.29 is 0 Å². The van der Waals surface area contributed by atoms with E-state index in [2.05, 4.69) is 17.2 Å². The molecule has 21 heavy (non-hydrogen) atoms. The third kappa shape index (κ3) is 3.22. The molecule has 1 aromatic carbocycles.